The Kier molecular flexibility index (Phi) is 2.25. The second-order valence-corrected chi connectivity index (χ2v) is 8.79. The fraction of sp³-hybridized carbons (Fsp3) is 1.00. The highest BCUT2D eigenvalue weighted by atomic mass is 16.8. The lowest BCUT2D eigenvalue weighted by Crippen LogP contribution is -2.48. The third kappa shape index (κ3) is 1.45. The second kappa shape index (κ2) is 3.39. The molecule has 2 nitrogen and oxygen atoms in total. The van der Waals surface area contributed by atoms with E-state index in [-0.39, 0.29) is 11.4 Å². The Morgan fingerprint density at radius 3 is 2.53 bits per heavy atom. The molecule has 1 spiro atoms. The molecule has 0 aromatic rings. The predicted molar refractivity (Wildman–Crippen MR) is 74.7 cm³/mol. The Morgan fingerprint density at radius 2 is 1.74 bits per heavy atom. The average molecular weight is 264 g/mol. The minimum absolute atomic E-state index is 0.0496. The quantitative estimate of drug-likeness (QED) is 0.655. The Balaban J connectivity index is 1.77. The zero-order chi connectivity index (χ0) is 13.5. The van der Waals surface area contributed by atoms with Gasteiger partial charge < -0.3 is 9.47 Å². The van der Waals surface area contributed by atoms with E-state index in [1.165, 1.54) is 32.1 Å². The third-order valence-corrected chi connectivity index (χ3v) is 7.18. The smallest absolute Gasteiger partial charge is 0.166 e. The molecule has 2 heteroatoms. The molecule has 5 atom stereocenters. The summed E-state index contributed by atoms with van der Waals surface area (Å²) in [6.45, 7) is 10.5. The van der Waals surface area contributed by atoms with E-state index in [1.54, 1.807) is 0 Å². The molecule has 2 bridgehead atoms. The van der Waals surface area contributed by atoms with Crippen molar-refractivity contribution in [3.05, 3.63) is 0 Å². The number of rotatable bonds is 0. The standard InChI is InChI=1S/C17H28O2/c1-14(2)7-5-8-15(3)12-6-9-16(4)18-11-17(12,19-16)10-13(14)15/h12-13H,5-11H2,1-4H3/t12?,13?,15-,16+,17+/m1/s1. The van der Waals surface area contributed by atoms with Crippen molar-refractivity contribution in [2.45, 2.75) is 77.6 Å². The Bertz CT molecular complexity index is 417. The van der Waals surface area contributed by atoms with Crippen molar-refractivity contribution in [3.8, 4) is 0 Å². The molecular formula is C17H28O2. The van der Waals surface area contributed by atoms with Crippen molar-refractivity contribution < 1.29 is 9.47 Å². The van der Waals surface area contributed by atoms with E-state index in [9.17, 15) is 0 Å². The molecule has 2 aliphatic heterocycles. The first kappa shape index (κ1) is 12.6. The van der Waals surface area contributed by atoms with Crippen molar-refractivity contribution in [3.63, 3.8) is 0 Å². The molecule has 108 valence electrons. The first-order valence-electron chi connectivity index (χ1n) is 8.14. The third-order valence-electron chi connectivity index (χ3n) is 7.18. The van der Waals surface area contributed by atoms with Crippen LogP contribution >= 0.6 is 0 Å². The molecule has 2 saturated carbocycles. The number of hydrogen-bond donors (Lipinski definition) is 0. The minimum Gasteiger partial charge on any atom is -0.347 e. The first-order valence-corrected chi connectivity index (χ1v) is 8.14. The summed E-state index contributed by atoms with van der Waals surface area (Å²) in [5.41, 5.74) is 1.01. The van der Waals surface area contributed by atoms with E-state index >= 15 is 0 Å². The Labute approximate surface area is 117 Å². The van der Waals surface area contributed by atoms with Gasteiger partial charge in [-0.3, -0.25) is 0 Å². The van der Waals surface area contributed by atoms with Crippen molar-refractivity contribution in [1.29, 1.82) is 0 Å². The van der Waals surface area contributed by atoms with E-state index in [2.05, 4.69) is 27.7 Å². The van der Waals surface area contributed by atoms with Gasteiger partial charge in [0.05, 0.1) is 12.2 Å². The Hall–Kier alpha value is -0.0800. The maximum atomic E-state index is 6.52. The fourth-order valence-electron chi connectivity index (χ4n) is 6.34. The lowest BCUT2D eigenvalue weighted by Gasteiger charge is -2.50. The van der Waals surface area contributed by atoms with Crippen LogP contribution in [0, 0.1) is 22.7 Å². The summed E-state index contributed by atoms with van der Waals surface area (Å²) >= 11 is 0. The van der Waals surface area contributed by atoms with Gasteiger partial charge in [-0.05, 0) is 55.3 Å². The van der Waals surface area contributed by atoms with Crippen LogP contribution in [0.5, 0.6) is 0 Å². The van der Waals surface area contributed by atoms with Crippen LogP contribution in [0.1, 0.15) is 66.2 Å². The summed E-state index contributed by atoms with van der Waals surface area (Å²) in [4.78, 5) is 0. The zero-order valence-electron chi connectivity index (χ0n) is 12.9. The maximum Gasteiger partial charge on any atom is 0.166 e. The molecule has 19 heavy (non-hydrogen) atoms. The lowest BCUT2D eigenvalue weighted by molar-refractivity contribution is -0.217. The van der Waals surface area contributed by atoms with Gasteiger partial charge in [0, 0.05) is 6.42 Å². The molecule has 4 aliphatic rings. The van der Waals surface area contributed by atoms with Crippen LogP contribution in [0.15, 0.2) is 0 Å². The minimum atomic E-state index is -0.273. The largest absolute Gasteiger partial charge is 0.347 e. The highest BCUT2D eigenvalue weighted by Crippen LogP contribution is 2.70. The van der Waals surface area contributed by atoms with Crippen LogP contribution in [0.4, 0.5) is 0 Å². The van der Waals surface area contributed by atoms with Gasteiger partial charge in [-0.1, -0.05) is 27.2 Å². The normalized spacial score (nSPS) is 58.7. The van der Waals surface area contributed by atoms with E-state index in [1.807, 2.05) is 0 Å². The highest BCUT2D eigenvalue weighted by molar-refractivity contribution is 5.16. The molecule has 0 N–H and O–H groups in total. The van der Waals surface area contributed by atoms with Gasteiger partial charge in [-0.25, -0.2) is 0 Å². The fourth-order valence-corrected chi connectivity index (χ4v) is 6.34. The molecule has 0 aromatic carbocycles. The van der Waals surface area contributed by atoms with Gasteiger partial charge >= 0.3 is 0 Å². The SMILES string of the molecule is CC1(C)CCC[C@@]2(C)C1C[C@]13CO[C@](C)(CCC12)O3. The molecule has 2 unspecified atom stereocenters. The molecule has 0 radical (unpaired) electrons. The van der Waals surface area contributed by atoms with Crippen LogP contribution in [0.25, 0.3) is 0 Å². The van der Waals surface area contributed by atoms with Gasteiger partial charge in [-0.15, -0.1) is 0 Å². The van der Waals surface area contributed by atoms with Crippen molar-refractivity contribution in [2.75, 3.05) is 6.61 Å². The molecule has 4 fully saturated rings. The van der Waals surface area contributed by atoms with Crippen LogP contribution in [0.2, 0.25) is 0 Å². The molecule has 4 rings (SSSR count). The summed E-state index contributed by atoms with van der Waals surface area (Å²) in [7, 11) is 0. The summed E-state index contributed by atoms with van der Waals surface area (Å²) < 4.78 is 12.6. The van der Waals surface area contributed by atoms with Crippen molar-refractivity contribution >= 4 is 0 Å². The van der Waals surface area contributed by atoms with Gasteiger partial charge in [0.1, 0.15) is 0 Å². The molecular weight excluding hydrogens is 236 g/mol. The van der Waals surface area contributed by atoms with Crippen LogP contribution < -0.4 is 0 Å². The first-order chi connectivity index (χ1) is 8.80. The summed E-state index contributed by atoms with van der Waals surface area (Å²) in [5.74, 6) is 1.26. The van der Waals surface area contributed by atoms with Crippen LogP contribution in [-0.2, 0) is 9.47 Å². The molecule has 2 aliphatic carbocycles. The lowest BCUT2D eigenvalue weighted by atomic mass is 9.55. The number of hydrogen-bond acceptors (Lipinski definition) is 2. The number of fused-ring (bicyclic) bond motifs is 3. The second-order valence-electron chi connectivity index (χ2n) is 8.79. The maximum absolute atomic E-state index is 6.52. The van der Waals surface area contributed by atoms with Gasteiger partial charge in [-0.2, -0.15) is 0 Å². The zero-order valence-corrected chi connectivity index (χ0v) is 12.9. The van der Waals surface area contributed by atoms with E-state index in [0.29, 0.717) is 10.8 Å². The topological polar surface area (TPSA) is 18.5 Å². The average Bonchev–Trinajstić information content (AvgIpc) is 2.72. The highest BCUT2D eigenvalue weighted by Gasteiger charge is 2.69. The summed E-state index contributed by atoms with van der Waals surface area (Å²) in [6.07, 6.45) is 7.80. The summed E-state index contributed by atoms with van der Waals surface area (Å²) in [5, 5.41) is 0. The summed E-state index contributed by atoms with van der Waals surface area (Å²) in [6, 6.07) is 0. The van der Waals surface area contributed by atoms with Crippen LogP contribution in [0.3, 0.4) is 0 Å². The number of ether oxygens (including phenoxy) is 2. The molecule has 0 aromatic heterocycles. The van der Waals surface area contributed by atoms with Crippen LogP contribution in [-0.4, -0.2) is 18.0 Å². The van der Waals surface area contributed by atoms with Gasteiger partial charge in [0.2, 0.25) is 0 Å². The van der Waals surface area contributed by atoms with E-state index in [0.717, 1.165) is 24.9 Å². The van der Waals surface area contributed by atoms with E-state index in [4.69, 9.17) is 9.47 Å². The molecule has 0 amide bonds. The van der Waals surface area contributed by atoms with E-state index < -0.39 is 0 Å². The van der Waals surface area contributed by atoms with Gasteiger partial charge in [0.15, 0.2) is 5.79 Å². The molecule has 2 heterocycles. The van der Waals surface area contributed by atoms with Crippen molar-refractivity contribution in [1.82, 2.24) is 0 Å². The predicted octanol–water partition coefficient (Wildman–Crippen LogP) is 4.13. The monoisotopic (exact) mass is 264 g/mol. The van der Waals surface area contributed by atoms with Crippen molar-refractivity contribution in [2.24, 2.45) is 22.7 Å². The molecule has 2 saturated heterocycles. The Morgan fingerprint density at radius 1 is 0.947 bits per heavy atom. The van der Waals surface area contributed by atoms with Gasteiger partial charge in [0.25, 0.3) is 0 Å².